The molecule has 6 heteroatoms. The minimum absolute atomic E-state index is 0.439. The molecule has 294 valence electrons. The fraction of sp³-hybridized carbons (Fsp3) is 0.0741. The van der Waals surface area contributed by atoms with Gasteiger partial charge in [-0.1, -0.05) is 158 Å². The molecule has 2 aromatic heterocycles. The fourth-order valence-electron chi connectivity index (χ4n) is 6.48. The van der Waals surface area contributed by atoms with E-state index < -0.39 is 0 Å². The summed E-state index contributed by atoms with van der Waals surface area (Å²) in [6.45, 7) is 1.79. The third kappa shape index (κ3) is 11.2. The van der Waals surface area contributed by atoms with Gasteiger partial charge in [0.2, 0.25) is 5.69 Å². The third-order valence-corrected chi connectivity index (χ3v) is 9.71. The highest BCUT2D eigenvalue weighted by atomic mass is 16.5. The van der Waals surface area contributed by atoms with Crippen LogP contribution in [0.1, 0.15) is 44.5 Å². The van der Waals surface area contributed by atoms with Crippen molar-refractivity contribution in [3.8, 4) is 34.4 Å². The smallest absolute Gasteiger partial charge is 0.230 e. The summed E-state index contributed by atoms with van der Waals surface area (Å²) in [5.41, 5.74) is 10.1. The molecule has 2 heterocycles. The molecule has 0 unspecified atom stereocenters. The molecule has 0 amide bonds. The Hall–Kier alpha value is -7.70. The Morgan fingerprint density at radius 2 is 0.750 bits per heavy atom. The number of H-pyrrole nitrogens is 1. The monoisotopic (exact) mass is 785 g/mol. The zero-order valence-electron chi connectivity index (χ0n) is 33.2. The lowest BCUT2D eigenvalue weighted by atomic mass is 10.1. The molecule has 6 nitrogen and oxygen atoms in total. The van der Waals surface area contributed by atoms with Crippen molar-refractivity contribution >= 4 is 24.3 Å². The van der Waals surface area contributed by atoms with Crippen LogP contribution in [-0.2, 0) is 26.4 Å². The van der Waals surface area contributed by atoms with E-state index in [0.29, 0.717) is 49.4 Å². The van der Waals surface area contributed by atoms with Crippen molar-refractivity contribution in [1.82, 2.24) is 4.98 Å². The van der Waals surface area contributed by atoms with Gasteiger partial charge in [0.1, 0.15) is 32.1 Å². The van der Waals surface area contributed by atoms with E-state index in [0.717, 1.165) is 55.9 Å². The SMILES string of the molecule is C(=C\c1ccc(OCc2ccccc2)c(OCc2ccccc2)c1)/c1ccnc(-c2cc(/C=C/c3ccc(OCc4ccccc4)c(OCc4ccccc4)c3)cc[nH+]2)c1. The fourth-order valence-corrected chi connectivity index (χ4v) is 6.48. The number of pyridine rings is 2. The van der Waals surface area contributed by atoms with Crippen molar-refractivity contribution in [2.75, 3.05) is 0 Å². The molecule has 0 spiro atoms. The topological polar surface area (TPSA) is 64.0 Å². The minimum atomic E-state index is 0.439. The van der Waals surface area contributed by atoms with Gasteiger partial charge in [-0.15, -0.1) is 0 Å². The predicted octanol–water partition coefficient (Wildman–Crippen LogP) is 12.2. The summed E-state index contributed by atoms with van der Waals surface area (Å²) in [5, 5.41) is 0. The molecule has 0 aliphatic rings. The van der Waals surface area contributed by atoms with Crippen LogP contribution in [0, 0.1) is 0 Å². The first-order valence-electron chi connectivity index (χ1n) is 20.0. The Morgan fingerprint density at radius 1 is 0.367 bits per heavy atom. The van der Waals surface area contributed by atoms with Crippen molar-refractivity contribution in [3.63, 3.8) is 0 Å². The Kier molecular flexibility index (Phi) is 13.1. The molecule has 8 aromatic rings. The Labute approximate surface area is 351 Å². The average Bonchev–Trinajstić information content (AvgIpc) is 3.32. The van der Waals surface area contributed by atoms with Gasteiger partial charge in [0.15, 0.2) is 29.2 Å². The second kappa shape index (κ2) is 20.1. The maximum atomic E-state index is 6.31. The molecular weight excluding hydrogens is 741 g/mol. The number of nitrogens with one attached hydrogen (secondary N) is 1. The first-order chi connectivity index (χ1) is 29.7. The molecule has 60 heavy (non-hydrogen) atoms. The molecule has 0 bridgehead atoms. The van der Waals surface area contributed by atoms with Gasteiger partial charge in [0.05, 0.1) is 0 Å². The Balaban J connectivity index is 0.964. The van der Waals surface area contributed by atoms with Crippen LogP contribution in [0.3, 0.4) is 0 Å². The summed E-state index contributed by atoms with van der Waals surface area (Å²) in [5.74, 6) is 2.78. The van der Waals surface area contributed by atoms with Crippen LogP contribution in [0.5, 0.6) is 23.0 Å². The highest BCUT2D eigenvalue weighted by Gasteiger charge is 2.11. The zero-order valence-corrected chi connectivity index (χ0v) is 33.2. The van der Waals surface area contributed by atoms with Gasteiger partial charge in [-0.3, -0.25) is 0 Å². The standard InChI is InChI=1S/C54H44N2O4/c1-5-13-45(14-6-1)37-57-51-27-25-41(35-53(51)59-39-47-17-9-3-10-18-47)21-23-43-29-31-55-49(33-43)50-34-44(30-32-56-50)24-22-42-26-28-52(58-38-46-15-7-2-8-16-46)54(36-42)60-40-48-19-11-4-12-20-48/h1-36H,37-40H2/p+1/b23-21+,24-22+. The number of ether oxygens (including phenoxy) is 4. The predicted molar refractivity (Wildman–Crippen MR) is 240 cm³/mol. The quantitative estimate of drug-likeness (QED) is 0.0920. The largest absolute Gasteiger partial charge is 0.485 e. The lowest BCUT2D eigenvalue weighted by Gasteiger charge is -2.14. The van der Waals surface area contributed by atoms with Crippen molar-refractivity contribution in [2.45, 2.75) is 26.4 Å². The van der Waals surface area contributed by atoms with Crippen LogP contribution in [0.4, 0.5) is 0 Å². The maximum absolute atomic E-state index is 6.31. The second-order valence-corrected chi connectivity index (χ2v) is 14.2. The van der Waals surface area contributed by atoms with Gasteiger partial charge >= 0.3 is 0 Å². The Bertz CT molecular complexity index is 2460. The Morgan fingerprint density at radius 3 is 1.18 bits per heavy atom. The van der Waals surface area contributed by atoms with Crippen LogP contribution < -0.4 is 23.9 Å². The van der Waals surface area contributed by atoms with Gasteiger partial charge in [0.25, 0.3) is 0 Å². The first-order valence-corrected chi connectivity index (χ1v) is 20.0. The summed E-state index contributed by atoms with van der Waals surface area (Å²) < 4.78 is 25.1. The molecule has 0 aliphatic carbocycles. The molecule has 0 aliphatic heterocycles. The van der Waals surface area contributed by atoms with Crippen LogP contribution in [-0.4, -0.2) is 4.98 Å². The summed E-state index contributed by atoms with van der Waals surface area (Å²) >= 11 is 0. The van der Waals surface area contributed by atoms with E-state index in [9.17, 15) is 0 Å². The van der Waals surface area contributed by atoms with Crippen LogP contribution in [0.15, 0.2) is 194 Å². The van der Waals surface area contributed by atoms with Crippen molar-refractivity contribution in [3.05, 3.63) is 239 Å². The number of hydrogen-bond acceptors (Lipinski definition) is 5. The molecule has 0 radical (unpaired) electrons. The number of aromatic nitrogens is 2. The van der Waals surface area contributed by atoms with Crippen LogP contribution in [0.25, 0.3) is 35.7 Å². The molecule has 0 saturated heterocycles. The number of hydrogen-bond donors (Lipinski definition) is 0. The summed E-state index contributed by atoms with van der Waals surface area (Å²) in [7, 11) is 0. The molecular formula is C54H45N2O4+. The highest BCUT2D eigenvalue weighted by molar-refractivity contribution is 5.74. The van der Waals surface area contributed by atoms with Gasteiger partial charge < -0.3 is 18.9 Å². The van der Waals surface area contributed by atoms with Crippen LogP contribution in [0.2, 0.25) is 0 Å². The number of aromatic amines is 1. The second-order valence-electron chi connectivity index (χ2n) is 14.2. The van der Waals surface area contributed by atoms with Crippen molar-refractivity contribution < 1.29 is 23.9 Å². The van der Waals surface area contributed by atoms with E-state index in [1.54, 1.807) is 0 Å². The van der Waals surface area contributed by atoms with Gasteiger partial charge in [-0.2, -0.15) is 0 Å². The molecule has 0 saturated carbocycles. The van der Waals surface area contributed by atoms with Gasteiger partial charge in [-0.25, -0.2) is 9.97 Å². The van der Waals surface area contributed by atoms with E-state index in [2.05, 4.69) is 90.0 Å². The molecule has 1 N–H and O–H groups in total. The summed E-state index contributed by atoms with van der Waals surface area (Å²) in [6.07, 6.45) is 12.1. The van der Waals surface area contributed by atoms with Crippen LogP contribution >= 0.6 is 0 Å². The van der Waals surface area contributed by atoms with Crippen molar-refractivity contribution in [2.24, 2.45) is 0 Å². The summed E-state index contributed by atoms with van der Waals surface area (Å²) in [6, 6.07) is 60.9. The molecule has 0 atom stereocenters. The van der Waals surface area contributed by atoms with E-state index in [4.69, 9.17) is 23.9 Å². The van der Waals surface area contributed by atoms with E-state index >= 15 is 0 Å². The average molecular weight is 786 g/mol. The van der Waals surface area contributed by atoms with Crippen molar-refractivity contribution in [1.29, 1.82) is 0 Å². The number of rotatable bonds is 17. The lowest BCUT2D eigenvalue weighted by Crippen LogP contribution is -2.06. The zero-order chi connectivity index (χ0) is 40.6. The van der Waals surface area contributed by atoms with E-state index in [-0.39, 0.29) is 0 Å². The molecule has 0 fully saturated rings. The third-order valence-electron chi connectivity index (χ3n) is 9.71. The lowest BCUT2D eigenvalue weighted by molar-refractivity contribution is -0.364. The first kappa shape index (κ1) is 39.1. The summed E-state index contributed by atoms with van der Waals surface area (Å²) in [4.78, 5) is 8.08. The number of nitrogens with zero attached hydrogens (tertiary/aromatic N) is 1. The highest BCUT2D eigenvalue weighted by Crippen LogP contribution is 2.32. The van der Waals surface area contributed by atoms with Gasteiger partial charge in [0, 0.05) is 18.3 Å². The van der Waals surface area contributed by atoms with E-state index in [1.807, 2.05) is 134 Å². The normalized spacial score (nSPS) is 11.1. The molecule has 6 aromatic carbocycles. The maximum Gasteiger partial charge on any atom is 0.230 e. The minimum Gasteiger partial charge on any atom is -0.485 e. The van der Waals surface area contributed by atoms with Gasteiger partial charge in [-0.05, 0) is 80.9 Å². The number of benzene rings is 6. The molecule has 8 rings (SSSR count). The van der Waals surface area contributed by atoms with E-state index in [1.165, 1.54) is 0 Å².